The van der Waals surface area contributed by atoms with Crippen molar-refractivity contribution >= 4 is 38.1 Å². The van der Waals surface area contributed by atoms with Gasteiger partial charge in [-0.15, -0.1) is 11.3 Å². The van der Waals surface area contributed by atoms with Gasteiger partial charge in [-0.05, 0) is 61.2 Å². The van der Waals surface area contributed by atoms with Crippen molar-refractivity contribution in [1.29, 1.82) is 0 Å². The van der Waals surface area contributed by atoms with Crippen molar-refractivity contribution in [2.24, 2.45) is 0 Å². The summed E-state index contributed by atoms with van der Waals surface area (Å²) < 4.78 is 0.944. The second kappa shape index (κ2) is 8.61. The van der Waals surface area contributed by atoms with E-state index in [1.807, 2.05) is 32.9 Å². The second-order valence-corrected chi connectivity index (χ2v) is 9.93. The Morgan fingerprint density at radius 2 is 1.68 bits per heavy atom. The molecule has 172 valence electrons. The third kappa shape index (κ3) is 3.84. The van der Waals surface area contributed by atoms with Crippen molar-refractivity contribution in [3.63, 3.8) is 0 Å². The van der Waals surface area contributed by atoms with E-state index in [0.717, 1.165) is 44.9 Å². The average Bonchev–Trinajstić information content (AvgIpc) is 3.25. The van der Waals surface area contributed by atoms with Gasteiger partial charge in [0, 0.05) is 40.5 Å². The minimum atomic E-state index is -0.972. The summed E-state index contributed by atoms with van der Waals surface area (Å²) in [5, 5.41) is 14.7. The number of nitrogens with one attached hydrogen (secondary N) is 1. The normalized spacial score (nSPS) is 13.7. The molecule has 4 aromatic rings. The summed E-state index contributed by atoms with van der Waals surface area (Å²) in [5.74, 6) is -0.972. The van der Waals surface area contributed by atoms with Gasteiger partial charge in [-0.25, -0.2) is 4.79 Å². The molecule has 0 saturated carbocycles. The minimum Gasteiger partial charge on any atom is -0.478 e. The summed E-state index contributed by atoms with van der Waals surface area (Å²) in [6.45, 7) is 7.50. The van der Waals surface area contributed by atoms with Gasteiger partial charge in [-0.3, -0.25) is 4.79 Å². The first-order chi connectivity index (χ1) is 16.3. The maximum atomic E-state index is 13.5. The summed E-state index contributed by atoms with van der Waals surface area (Å²) >= 11 is 1.65. The Labute approximate surface area is 202 Å². The van der Waals surface area contributed by atoms with Gasteiger partial charge in [-0.1, -0.05) is 42.5 Å². The van der Waals surface area contributed by atoms with Crippen LogP contribution in [-0.2, 0) is 13.1 Å². The fraction of sp³-hybridized carbons (Fsp3) is 0.214. The molecule has 2 heterocycles. The van der Waals surface area contributed by atoms with Crippen LogP contribution in [0.4, 0.5) is 10.7 Å². The highest BCUT2D eigenvalue weighted by atomic mass is 32.1. The highest BCUT2D eigenvalue weighted by Crippen LogP contribution is 2.39. The highest BCUT2D eigenvalue weighted by Gasteiger charge is 2.24. The first kappa shape index (κ1) is 22.2. The van der Waals surface area contributed by atoms with Gasteiger partial charge in [0.2, 0.25) is 0 Å². The molecule has 1 aliphatic heterocycles. The molecule has 1 unspecified atom stereocenters. The molecule has 0 amide bonds. The number of benzene rings is 3. The molecular formula is C28H26N2O3S. The molecule has 1 atom stereocenters. The number of aromatic carboxylic acids is 1. The number of carboxylic acids is 1. The Kier molecular flexibility index (Phi) is 5.62. The van der Waals surface area contributed by atoms with E-state index in [-0.39, 0.29) is 17.0 Å². The molecule has 5 nitrogen and oxygen atoms in total. The van der Waals surface area contributed by atoms with Crippen LogP contribution in [-0.4, -0.2) is 11.1 Å². The standard InChI is InChI=1S/C28H26N2O3S/c1-16-12-22(18(3)29-24-11-7-6-10-21(24)28(32)33)26-23(13-16)25(31)17(2)27(34-26)30-14-19-8-4-5-9-20(19)15-30/h4-13,18,29H,14-15H2,1-3H3,(H,32,33). The lowest BCUT2D eigenvalue weighted by molar-refractivity contribution is 0.0698. The third-order valence-electron chi connectivity index (χ3n) is 6.49. The fourth-order valence-electron chi connectivity index (χ4n) is 4.76. The summed E-state index contributed by atoms with van der Waals surface area (Å²) in [6, 6.07) is 19.2. The molecule has 0 bridgehead atoms. The lowest BCUT2D eigenvalue weighted by Gasteiger charge is -2.23. The van der Waals surface area contributed by atoms with E-state index in [4.69, 9.17) is 0 Å². The Morgan fingerprint density at radius 1 is 1.03 bits per heavy atom. The van der Waals surface area contributed by atoms with E-state index in [9.17, 15) is 14.7 Å². The molecule has 0 radical (unpaired) electrons. The molecule has 5 rings (SSSR count). The molecule has 0 spiro atoms. The van der Waals surface area contributed by atoms with Crippen LogP contribution in [0.15, 0.2) is 65.5 Å². The van der Waals surface area contributed by atoms with Crippen molar-refractivity contribution in [2.45, 2.75) is 39.9 Å². The number of rotatable bonds is 5. The predicted molar refractivity (Wildman–Crippen MR) is 139 cm³/mol. The number of aryl methyl sites for hydroxylation is 1. The molecular weight excluding hydrogens is 444 g/mol. The lowest BCUT2D eigenvalue weighted by Crippen LogP contribution is -2.19. The SMILES string of the molecule is Cc1cc(C(C)Nc2ccccc2C(=O)O)c2sc(N3Cc4ccccc4C3)c(C)c(=O)c2c1. The van der Waals surface area contributed by atoms with Gasteiger partial charge in [-0.2, -0.15) is 0 Å². The Balaban J connectivity index is 1.60. The number of para-hydroxylation sites is 1. The summed E-state index contributed by atoms with van der Waals surface area (Å²) in [6.07, 6.45) is 0. The van der Waals surface area contributed by atoms with E-state index in [2.05, 4.69) is 40.5 Å². The zero-order valence-electron chi connectivity index (χ0n) is 19.4. The van der Waals surface area contributed by atoms with Crippen LogP contribution >= 0.6 is 11.3 Å². The maximum Gasteiger partial charge on any atom is 0.337 e. The third-order valence-corrected chi connectivity index (χ3v) is 7.91. The summed E-state index contributed by atoms with van der Waals surface area (Å²) in [4.78, 5) is 27.5. The first-order valence-corrected chi connectivity index (χ1v) is 12.1. The molecule has 6 heteroatoms. The van der Waals surface area contributed by atoms with Crippen LogP contribution in [0, 0.1) is 13.8 Å². The average molecular weight is 471 g/mol. The number of hydrogen-bond donors (Lipinski definition) is 2. The molecule has 0 fully saturated rings. The first-order valence-electron chi connectivity index (χ1n) is 11.3. The molecule has 1 aliphatic rings. The van der Waals surface area contributed by atoms with Crippen LogP contribution in [0.25, 0.3) is 10.1 Å². The van der Waals surface area contributed by atoms with Crippen molar-refractivity contribution in [2.75, 3.05) is 10.2 Å². The van der Waals surface area contributed by atoms with E-state index < -0.39 is 5.97 Å². The van der Waals surface area contributed by atoms with Crippen LogP contribution in [0.3, 0.4) is 0 Å². The van der Waals surface area contributed by atoms with Crippen molar-refractivity contribution < 1.29 is 9.90 Å². The van der Waals surface area contributed by atoms with E-state index in [1.165, 1.54) is 11.1 Å². The molecule has 3 aromatic carbocycles. The van der Waals surface area contributed by atoms with Gasteiger partial charge in [0.1, 0.15) is 0 Å². The number of nitrogens with zero attached hydrogens (tertiary/aromatic N) is 1. The van der Waals surface area contributed by atoms with E-state index in [1.54, 1.807) is 29.5 Å². The zero-order chi connectivity index (χ0) is 24.0. The number of fused-ring (bicyclic) bond motifs is 2. The fourth-order valence-corrected chi connectivity index (χ4v) is 6.08. The number of carbonyl (C=O) groups is 1. The molecule has 1 aromatic heterocycles. The molecule has 0 saturated heterocycles. The summed E-state index contributed by atoms with van der Waals surface area (Å²) in [5.41, 5.74) is 6.22. The van der Waals surface area contributed by atoms with Gasteiger partial charge in [0.15, 0.2) is 5.43 Å². The topological polar surface area (TPSA) is 69.6 Å². The maximum absolute atomic E-state index is 13.5. The second-order valence-electron chi connectivity index (χ2n) is 8.93. The number of hydrogen-bond acceptors (Lipinski definition) is 5. The van der Waals surface area contributed by atoms with Gasteiger partial charge in [0.25, 0.3) is 0 Å². The molecule has 2 N–H and O–H groups in total. The van der Waals surface area contributed by atoms with Crippen molar-refractivity contribution in [1.82, 2.24) is 0 Å². The van der Waals surface area contributed by atoms with Gasteiger partial charge in [0.05, 0.1) is 10.6 Å². The van der Waals surface area contributed by atoms with Crippen molar-refractivity contribution in [3.05, 3.63) is 104 Å². The van der Waals surface area contributed by atoms with Crippen LogP contribution in [0.1, 0.15) is 51.1 Å². The largest absolute Gasteiger partial charge is 0.478 e. The Hall–Kier alpha value is -3.64. The predicted octanol–water partition coefficient (Wildman–Crippen LogP) is 6.27. The monoisotopic (exact) mass is 470 g/mol. The van der Waals surface area contributed by atoms with Crippen LogP contribution < -0.4 is 15.6 Å². The van der Waals surface area contributed by atoms with Gasteiger partial charge >= 0.3 is 5.97 Å². The number of carboxylic acid groups (broad SMARTS) is 1. The Bertz CT molecular complexity index is 1470. The minimum absolute atomic E-state index is 0.0581. The van der Waals surface area contributed by atoms with Gasteiger partial charge < -0.3 is 15.3 Å². The quantitative estimate of drug-likeness (QED) is 0.360. The Morgan fingerprint density at radius 3 is 2.35 bits per heavy atom. The van der Waals surface area contributed by atoms with Crippen LogP contribution in [0.5, 0.6) is 0 Å². The lowest BCUT2D eigenvalue weighted by atomic mass is 10.0. The smallest absolute Gasteiger partial charge is 0.337 e. The van der Waals surface area contributed by atoms with Crippen LogP contribution in [0.2, 0.25) is 0 Å². The molecule has 34 heavy (non-hydrogen) atoms. The summed E-state index contributed by atoms with van der Waals surface area (Å²) in [7, 11) is 0. The van der Waals surface area contributed by atoms with E-state index in [0.29, 0.717) is 5.69 Å². The molecule has 0 aliphatic carbocycles. The van der Waals surface area contributed by atoms with E-state index >= 15 is 0 Å². The number of anilines is 2. The highest BCUT2D eigenvalue weighted by molar-refractivity contribution is 7.22. The van der Waals surface area contributed by atoms with Crippen molar-refractivity contribution in [3.8, 4) is 0 Å². The zero-order valence-corrected chi connectivity index (χ0v) is 20.2.